The molecular formula is C11H13ClN2S. The average molecular weight is 241 g/mol. The second kappa shape index (κ2) is 4.47. The number of aromatic nitrogens is 1. The van der Waals surface area contributed by atoms with Crippen molar-refractivity contribution >= 4 is 33.2 Å². The lowest BCUT2D eigenvalue weighted by molar-refractivity contribution is 0.596. The number of nitrogens with zero attached hydrogens (tertiary/aromatic N) is 1. The highest BCUT2D eigenvalue weighted by molar-refractivity contribution is 7.19. The smallest absolute Gasteiger partial charge is 0.111 e. The molecule has 0 saturated heterocycles. The molecule has 4 heteroatoms. The van der Waals surface area contributed by atoms with E-state index in [1.54, 1.807) is 11.3 Å². The van der Waals surface area contributed by atoms with Crippen molar-refractivity contribution in [3.63, 3.8) is 0 Å². The van der Waals surface area contributed by atoms with Crippen LogP contribution in [0.5, 0.6) is 0 Å². The summed E-state index contributed by atoms with van der Waals surface area (Å²) in [5, 5.41) is 5.24. The highest BCUT2D eigenvalue weighted by atomic mass is 35.5. The molecule has 2 aromatic rings. The molecule has 0 fully saturated rings. The fourth-order valence-electron chi connectivity index (χ4n) is 1.51. The lowest BCUT2D eigenvalue weighted by Crippen LogP contribution is -2.17. The maximum absolute atomic E-state index is 6.10. The van der Waals surface area contributed by atoms with Crippen molar-refractivity contribution in [1.29, 1.82) is 0 Å². The number of thiazole rings is 1. The minimum Gasteiger partial charge on any atom is -0.308 e. The predicted octanol–water partition coefficient (Wildman–Crippen LogP) is 3.62. The number of nitrogens with one attached hydrogen (secondary N) is 1. The van der Waals surface area contributed by atoms with E-state index in [-0.39, 0.29) is 0 Å². The molecule has 0 aliphatic carbocycles. The Morgan fingerprint density at radius 2 is 2.33 bits per heavy atom. The number of fused-ring (bicyclic) bond motifs is 1. The topological polar surface area (TPSA) is 24.9 Å². The molecule has 2 rings (SSSR count). The fraction of sp³-hybridized carbons (Fsp3) is 0.364. The van der Waals surface area contributed by atoms with Gasteiger partial charge in [-0.25, -0.2) is 4.98 Å². The van der Waals surface area contributed by atoms with Crippen LogP contribution in [0, 0.1) is 0 Å². The number of hydrogen-bond acceptors (Lipinski definition) is 3. The molecule has 0 amide bonds. The first-order chi connectivity index (χ1) is 7.22. The van der Waals surface area contributed by atoms with Gasteiger partial charge in [-0.05, 0) is 25.6 Å². The van der Waals surface area contributed by atoms with Gasteiger partial charge in [-0.3, -0.25) is 0 Å². The van der Waals surface area contributed by atoms with E-state index >= 15 is 0 Å². The van der Waals surface area contributed by atoms with Crippen LogP contribution in [-0.2, 0) is 0 Å². The molecule has 1 atom stereocenters. The van der Waals surface area contributed by atoms with Crippen molar-refractivity contribution in [2.24, 2.45) is 0 Å². The van der Waals surface area contributed by atoms with Crippen LogP contribution >= 0.6 is 22.9 Å². The number of halogens is 1. The van der Waals surface area contributed by atoms with Gasteiger partial charge in [0.1, 0.15) is 5.01 Å². The molecule has 1 unspecified atom stereocenters. The van der Waals surface area contributed by atoms with Crippen molar-refractivity contribution < 1.29 is 0 Å². The van der Waals surface area contributed by atoms with Gasteiger partial charge in [0.25, 0.3) is 0 Å². The van der Waals surface area contributed by atoms with E-state index in [9.17, 15) is 0 Å². The van der Waals surface area contributed by atoms with Crippen LogP contribution in [0.25, 0.3) is 10.2 Å². The molecule has 15 heavy (non-hydrogen) atoms. The molecule has 0 spiro atoms. The minimum atomic E-state index is 0.295. The molecule has 1 aromatic heterocycles. The third-order valence-corrected chi connectivity index (χ3v) is 3.98. The Morgan fingerprint density at radius 3 is 3.00 bits per heavy atom. The maximum atomic E-state index is 6.10. The van der Waals surface area contributed by atoms with Gasteiger partial charge in [-0.2, -0.15) is 0 Å². The van der Waals surface area contributed by atoms with Crippen molar-refractivity contribution in [2.75, 3.05) is 6.54 Å². The Balaban J connectivity index is 2.43. The summed E-state index contributed by atoms with van der Waals surface area (Å²) >= 11 is 7.77. The first-order valence-corrected chi connectivity index (χ1v) is 6.20. The standard InChI is InChI=1S/C11H13ClN2S/c1-3-13-7(2)11-14-9-6-4-5-8(12)10(9)15-11/h4-7,13H,3H2,1-2H3. The van der Waals surface area contributed by atoms with Crippen LogP contribution in [-0.4, -0.2) is 11.5 Å². The summed E-state index contributed by atoms with van der Waals surface area (Å²) in [5.41, 5.74) is 0.993. The third-order valence-electron chi connectivity index (χ3n) is 2.26. The van der Waals surface area contributed by atoms with E-state index in [2.05, 4.69) is 24.1 Å². The summed E-state index contributed by atoms with van der Waals surface area (Å²) in [5.74, 6) is 0. The molecule has 80 valence electrons. The normalized spacial score (nSPS) is 13.3. The summed E-state index contributed by atoms with van der Waals surface area (Å²) in [6, 6.07) is 6.14. The Bertz CT molecular complexity index is 467. The lowest BCUT2D eigenvalue weighted by Gasteiger charge is -2.07. The quantitative estimate of drug-likeness (QED) is 0.887. The summed E-state index contributed by atoms with van der Waals surface area (Å²) in [7, 11) is 0. The zero-order valence-corrected chi connectivity index (χ0v) is 10.3. The number of benzene rings is 1. The average Bonchev–Trinajstić information content (AvgIpc) is 2.63. The van der Waals surface area contributed by atoms with E-state index in [1.165, 1.54) is 0 Å². The first-order valence-electron chi connectivity index (χ1n) is 5.00. The summed E-state index contributed by atoms with van der Waals surface area (Å²) in [4.78, 5) is 4.56. The van der Waals surface area contributed by atoms with Crippen LogP contribution in [0.1, 0.15) is 24.9 Å². The fourth-order valence-corrected chi connectivity index (χ4v) is 2.79. The van der Waals surface area contributed by atoms with Crippen LogP contribution in [0.2, 0.25) is 5.02 Å². The van der Waals surface area contributed by atoms with Gasteiger partial charge in [0, 0.05) is 0 Å². The first kappa shape index (κ1) is 10.9. The van der Waals surface area contributed by atoms with Crippen LogP contribution in [0.3, 0.4) is 0 Å². The summed E-state index contributed by atoms with van der Waals surface area (Å²) in [6.45, 7) is 5.16. The van der Waals surface area contributed by atoms with Crippen molar-refractivity contribution in [3.05, 3.63) is 28.2 Å². The highest BCUT2D eigenvalue weighted by Crippen LogP contribution is 2.31. The molecule has 0 aliphatic rings. The lowest BCUT2D eigenvalue weighted by atomic mass is 10.3. The van der Waals surface area contributed by atoms with Crippen LogP contribution < -0.4 is 5.32 Å². The number of rotatable bonds is 3. The van der Waals surface area contributed by atoms with E-state index in [0.717, 1.165) is 26.8 Å². The molecule has 0 saturated carbocycles. The Hall–Kier alpha value is -0.640. The van der Waals surface area contributed by atoms with E-state index in [4.69, 9.17) is 11.6 Å². The van der Waals surface area contributed by atoms with Gasteiger partial charge < -0.3 is 5.32 Å². The second-order valence-electron chi connectivity index (χ2n) is 3.42. The van der Waals surface area contributed by atoms with E-state index in [1.807, 2.05) is 18.2 Å². The Kier molecular flexibility index (Phi) is 3.24. The van der Waals surface area contributed by atoms with Crippen molar-refractivity contribution in [1.82, 2.24) is 10.3 Å². The molecule has 1 heterocycles. The van der Waals surface area contributed by atoms with E-state index in [0.29, 0.717) is 6.04 Å². The molecule has 2 nitrogen and oxygen atoms in total. The van der Waals surface area contributed by atoms with Gasteiger partial charge in [0.2, 0.25) is 0 Å². The molecule has 0 aliphatic heterocycles. The van der Waals surface area contributed by atoms with Gasteiger partial charge in [-0.1, -0.05) is 24.6 Å². The van der Waals surface area contributed by atoms with Crippen molar-refractivity contribution in [2.45, 2.75) is 19.9 Å². The summed E-state index contributed by atoms with van der Waals surface area (Å²) in [6.07, 6.45) is 0. The maximum Gasteiger partial charge on any atom is 0.111 e. The van der Waals surface area contributed by atoms with Gasteiger partial charge in [0.05, 0.1) is 21.3 Å². The Morgan fingerprint density at radius 1 is 1.53 bits per heavy atom. The molecule has 1 aromatic carbocycles. The van der Waals surface area contributed by atoms with Crippen molar-refractivity contribution in [3.8, 4) is 0 Å². The minimum absolute atomic E-state index is 0.295. The third kappa shape index (κ3) is 2.14. The zero-order chi connectivity index (χ0) is 10.8. The number of hydrogen-bond donors (Lipinski definition) is 1. The molecule has 1 N–H and O–H groups in total. The van der Waals surface area contributed by atoms with Gasteiger partial charge in [0.15, 0.2) is 0 Å². The predicted molar refractivity (Wildman–Crippen MR) is 66.7 cm³/mol. The van der Waals surface area contributed by atoms with Crippen LogP contribution in [0.15, 0.2) is 18.2 Å². The van der Waals surface area contributed by atoms with Crippen LogP contribution in [0.4, 0.5) is 0 Å². The van der Waals surface area contributed by atoms with Gasteiger partial charge in [-0.15, -0.1) is 11.3 Å². The zero-order valence-electron chi connectivity index (χ0n) is 8.75. The highest BCUT2D eigenvalue weighted by Gasteiger charge is 2.11. The Labute approximate surface area is 98.3 Å². The summed E-state index contributed by atoms with van der Waals surface area (Å²) < 4.78 is 1.08. The molecule has 0 bridgehead atoms. The molecule has 0 radical (unpaired) electrons. The van der Waals surface area contributed by atoms with Gasteiger partial charge >= 0.3 is 0 Å². The SMILES string of the molecule is CCNC(C)c1nc2cccc(Cl)c2s1. The largest absolute Gasteiger partial charge is 0.308 e. The van der Waals surface area contributed by atoms with E-state index < -0.39 is 0 Å². The second-order valence-corrected chi connectivity index (χ2v) is 4.86. The monoisotopic (exact) mass is 240 g/mol. The molecular weight excluding hydrogens is 228 g/mol.